The van der Waals surface area contributed by atoms with Gasteiger partial charge in [0.25, 0.3) is 0 Å². The van der Waals surface area contributed by atoms with Crippen LogP contribution in [-0.2, 0) is 19.6 Å². The molecule has 0 unspecified atom stereocenters. The highest BCUT2D eigenvalue weighted by Gasteiger charge is 2.30. The molecule has 0 bridgehead atoms. The van der Waals surface area contributed by atoms with Gasteiger partial charge in [-0.05, 0) is 31.0 Å². The molecule has 1 aliphatic rings. The van der Waals surface area contributed by atoms with Gasteiger partial charge in [-0.2, -0.15) is 0 Å². The van der Waals surface area contributed by atoms with Crippen LogP contribution in [0, 0.1) is 0 Å². The molecule has 2 aromatic heterocycles. The van der Waals surface area contributed by atoms with Crippen LogP contribution < -0.4 is 5.73 Å². The highest BCUT2D eigenvalue weighted by molar-refractivity contribution is 5.17. The Kier molecular flexibility index (Phi) is 3.21. The minimum absolute atomic E-state index is 0.533. The molecule has 0 spiro atoms. The van der Waals surface area contributed by atoms with Crippen molar-refractivity contribution >= 4 is 0 Å². The third kappa shape index (κ3) is 2.49. The maximum absolute atomic E-state index is 5.70. The van der Waals surface area contributed by atoms with Crippen LogP contribution in [0.25, 0.3) is 0 Å². The molecule has 4 heteroatoms. The van der Waals surface area contributed by atoms with Crippen LogP contribution in [0.2, 0.25) is 0 Å². The Balaban J connectivity index is 1.70. The second-order valence-corrected chi connectivity index (χ2v) is 4.79. The molecule has 3 rings (SSSR count). The van der Waals surface area contributed by atoms with Gasteiger partial charge in [-0.1, -0.05) is 0 Å². The first-order chi connectivity index (χ1) is 8.86. The quantitative estimate of drug-likeness (QED) is 0.850. The van der Waals surface area contributed by atoms with Crippen molar-refractivity contribution in [3.8, 4) is 0 Å². The third-order valence-corrected chi connectivity index (χ3v) is 3.41. The lowest BCUT2D eigenvalue weighted by Crippen LogP contribution is -2.25. The summed E-state index contributed by atoms with van der Waals surface area (Å²) < 4.78 is 11.0. The van der Waals surface area contributed by atoms with Gasteiger partial charge in [-0.3, -0.25) is 4.90 Å². The zero-order chi connectivity index (χ0) is 12.4. The molecular formula is C14H18N2O2. The van der Waals surface area contributed by atoms with Gasteiger partial charge in [0.05, 0.1) is 25.6 Å². The molecule has 0 saturated heterocycles. The Labute approximate surface area is 106 Å². The fourth-order valence-electron chi connectivity index (χ4n) is 2.23. The van der Waals surface area contributed by atoms with E-state index in [0.29, 0.717) is 12.6 Å². The van der Waals surface area contributed by atoms with E-state index in [2.05, 4.69) is 4.90 Å². The highest BCUT2D eigenvalue weighted by atomic mass is 16.3. The summed E-state index contributed by atoms with van der Waals surface area (Å²) in [7, 11) is 0. The van der Waals surface area contributed by atoms with Gasteiger partial charge >= 0.3 is 0 Å². The topological polar surface area (TPSA) is 55.5 Å². The van der Waals surface area contributed by atoms with Crippen molar-refractivity contribution in [2.45, 2.75) is 38.5 Å². The molecule has 0 aromatic carbocycles. The average molecular weight is 246 g/mol. The zero-order valence-electron chi connectivity index (χ0n) is 10.3. The molecule has 0 amide bonds. The van der Waals surface area contributed by atoms with E-state index in [1.165, 1.54) is 12.8 Å². The normalized spacial score (nSPS) is 15.4. The van der Waals surface area contributed by atoms with Crippen molar-refractivity contribution in [1.82, 2.24) is 4.90 Å². The Morgan fingerprint density at radius 2 is 2.06 bits per heavy atom. The summed E-state index contributed by atoms with van der Waals surface area (Å²) in [6, 6.07) is 6.55. The Bertz CT molecular complexity index is 486. The van der Waals surface area contributed by atoms with Gasteiger partial charge in [0, 0.05) is 18.2 Å². The van der Waals surface area contributed by atoms with Gasteiger partial charge in [0.2, 0.25) is 0 Å². The summed E-state index contributed by atoms with van der Waals surface area (Å²) in [5.74, 6) is 1.98. The molecule has 2 heterocycles. The van der Waals surface area contributed by atoms with Gasteiger partial charge in [-0.25, -0.2) is 0 Å². The van der Waals surface area contributed by atoms with E-state index in [4.69, 9.17) is 14.6 Å². The molecule has 96 valence electrons. The van der Waals surface area contributed by atoms with Crippen molar-refractivity contribution in [3.63, 3.8) is 0 Å². The number of nitrogens with zero attached hydrogens (tertiary/aromatic N) is 1. The summed E-state index contributed by atoms with van der Waals surface area (Å²) >= 11 is 0. The summed E-state index contributed by atoms with van der Waals surface area (Å²) in [4.78, 5) is 2.40. The second-order valence-electron chi connectivity index (χ2n) is 4.79. The fraction of sp³-hybridized carbons (Fsp3) is 0.429. The predicted octanol–water partition coefficient (Wildman–Crippen LogP) is 2.50. The highest BCUT2D eigenvalue weighted by Crippen LogP contribution is 2.30. The zero-order valence-corrected chi connectivity index (χ0v) is 10.3. The summed E-state index contributed by atoms with van der Waals surface area (Å²) in [5, 5.41) is 0. The minimum Gasteiger partial charge on any atom is -0.468 e. The van der Waals surface area contributed by atoms with E-state index in [-0.39, 0.29) is 0 Å². The maximum atomic E-state index is 5.70. The molecule has 1 fully saturated rings. The molecule has 0 aliphatic heterocycles. The lowest BCUT2D eigenvalue weighted by molar-refractivity contribution is 0.207. The number of furan rings is 2. The first kappa shape index (κ1) is 11.6. The monoisotopic (exact) mass is 246 g/mol. The lowest BCUT2D eigenvalue weighted by atomic mass is 10.2. The predicted molar refractivity (Wildman–Crippen MR) is 67.6 cm³/mol. The number of hydrogen-bond acceptors (Lipinski definition) is 4. The molecule has 0 radical (unpaired) electrons. The van der Waals surface area contributed by atoms with Crippen molar-refractivity contribution in [3.05, 3.63) is 47.8 Å². The molecule has 18 heavy (non-hydrogen) atoms. The Morgan fingerprint density at radius 1 is 1.17 bits per heavy atom. The van der Waals surface area contributed by atoms with Crippen LogP contribution in [0.4, 0.5) is 0 Å². The number of nitrogens with two attached hydrogens (primary N) is 1. The SMILES string of the molecule is NCc1ccoc1CN(Cc1ccco1)C1CC1. The van der Waals surface area contributed by atoms with Crippen molar-refractivity contribution in [2.75, 3.05) is 0 Å². The van der Waals surface area contributed by atoms with Gasteiger partial charge in [-0.15, -0.1) is 0 Å². The van der Waals surface area contributed by atoms with Crippen LogP contribution in [-0.4, -0.2) is 10.9 Å². The van der Waals surface area contributed by atoms with E-state index in [1.54, 1.807) is 12.5 Å². The maximum Gasteiger partial charge on any atom is 0.122 e. The minimum atomic E-state index is 0.533. The van der Waals surface area contributed by atoms with Gasteiger partial charge < -0.3 is 14.6 Å². The van der Waals surface area contributed by atoms with E-state index in [9.17, 15) is 0 Å². The first-order valence-corrected chi connectivity index (χ1v) is 6.38. The van der Waals surface area contributed by atoms with E-state index >= 15 is 0 Å². The van der Waals surface area contributed by atoms with Gasteiger partial charge in [0.15, 0.2) is 0 Å². The van der Waals surface area contributed by atoms with Gasteiger partial charge in [0.1, 0.15) is 11.5 Å². The average Bonchev–Trinajstić information content (AvgIpc) is 2.92. The lowest BCUT2D eigenvalue weighted by Gasteiger charge is -2.20. The molecule has 2 aromatic rings. The molecule has 1 saturated carbocycles. The smallest absolute Gasteiger partial charge is 0.122 e. The van der Waals surface area contributed by atoms with Crippen LogP contribution in [0.15, 0.2) is 39.6 Å². The molecule has 2 N–H and O–H groups in total. The summed E-state index contributed by atoms with van der Waals surface area (Å²) in [6.45, 7) is 2.18. The Morgan fingerprint density at radius 3 is 2.72 bits per heavy atom. The largest absolute Gasteiger partial charge is 0.468 e. The van der Waals surface area contributed by atoms with Crippen molar-refractivity contribution < 1.29 is 8.83 Å². The van der Waals surface area contributed by atoms with E-state index < -0.39 is 0 Å². The fourth-order valence-corrected chi connectivity index (χ4v) is 2.23. The number of hydrogen-bond donors (Lipinski definition) is 1. The first-order valence-electron chi connectivity index (χ1n) is 6.38. The standard InChI is InChI=1S/C14H18N2O2/c15-8-11-5-7-18-14(11)10-16(12-3-4-12)9-13-2-1-6-17-13/h1-2,5-7,12H,3-4,8-10,15H2. The van der Waals surface area contributed by atoms with Crippen molar-refractivity contribution in [1.29, 1.82) is 0 Å². The third-order valence-electron chi connectivity index (χ3n) is 3.41. The molecule has 1 aliphatic carbocycles. The summed E-state index contributed by atoms with van der Waals surface area (Å²) in [6.07, 6.45) is 5.97. The molecule has 4 nitrogen and oxygen atoms in total. The number of rotatable bonds is 6. The molecule has 0 atom stereocenters. The van der Waals surface area contributed by atoms with Crippen LogP contribution in [0.1, 0.15) is 29.9 Å². The Hall–Kier alpha value is -1.52. The van der Waals surface area contributed by atoms with E-state index in [0.717, 1.165) is 30.2 Å². The second kappa shape index (κ2) is 5.00. The summed E-state index contributed by atoms with van der Waals surface area (Å²) in [5.41, 5.74) is 6.80. The van der Waals surface area contributed by atoms with Crippen LogP contribution in [0.3, 0.4) is 0 Å². The van der Waals surface area contributed by atoms with E-state index in [1.807, 2.05) is 18.2 Å². The van der Waals surface area contributed by atoms with Crippen LogP contribution >= 0.6 is 0 Å². The van der Waals surface area contributed by atoms with Crippen molar-refractivity contribution in [2.24, 2.45) is 5.73 Å². The molecular weight excluding hydrogens is 228 g/mol. The van der Waals surface area contributed by atoms with Crippen LogP contribution in [0.5, 0.6) is 0 Å².